The summed E-state index contributed by atoms with van der Waals surface area (Å²) in [7, 11) is 0. The number of nitrogens with one attached hydrogen (secondary N) is 1. The number of hydrogen-bond donors (Lipinski definition) is 1. The predicted molar refractivity (Wildman–Crippen MR) is 76.8 cm³/mol. The number of aromatic nitrogens is 3. The second-order valence-corrected chi connectivity index (χ2v) is 5.92. The molecule has 1 saturated carbocycles. The number of nitrogens with zero attached hydrogens (tertiary/aromatic N) is 4. The van der Waals surface area contributed by atoms with E-state index in [4.69, 9.17) is 5.26 Å². The Kier molecular flexibility index (Phi) is 4.18. The van der Waals surface area contributed by atoms with Gasteiger partial charge >= 0.3 is 6.36 Å². The van der Waals surface area contributed by atoms with E-state index in [2.05, 4.69) is 36.1 Å². The fraction of sp³-hybridized carbons (Fsp3) is 0.385. The summed E-state index contributed by atoms with van der Waals surface area (Å²) in [4.78, 5) is 16.3. The number of halogens is 4. The molecule has 3 rings (SSSR count). The highest BCUT2D eigenvalue weighted by molar-refractivity contribution is 9.10. The number of carbonyl (C=O) groups is 1. The summed E-state index contributed by atoms with van der Waals surface area (Å²) in [6.45, 7) is 0. The first-order valence-electron chi connectivity index (χ1n) is 6.77. The molecule has 0 spiro atoms. The van der Waals surface area contributed by atoms with Gasteiger partial charge in [0.05, 0.1) is 6.10 Å². The summed E-state index contributed by atoms with van der Waals surface area (Å²) >= 11 is 3.12. The van der Waals surface area contributed by atoms with Crippen LogP contribution in [0, 0.1) is 11.3 Å². The van der Waals surface area contributed by atoms with Gasteiger partial charge in [0.1, 0.15) is 21.9 Å². The minimum Gasteiger partial charge on any atom is -0.348 e. The molecule has 0 unspecified atom stereocenters. The van der Waals surface area contributed by atoms with Crippen molar-refractivity contribution < 1.29 is 22.7 Å². The van der Waals surface area contributed by atoms with Gasteiger partial charge in [-0.1, -0.05) is 0 Å². The third-order valence-electron chi connectivity index (χ3n) is 3.55. The first kappa shape index (κ1) is 16.7. The Hall–Kier alpha value is -2.19. The van der Waals surface area contributed by atoms with E-state index in [1.807, 2.05) is 6.07 Å². The van der Waals surface area contributed by atoms with E-state index in [0.29, 0.717) is 0 Å². The van der Waals surface area contributed by atoms with E-state index in [-0.39, 0.29) is 34.3 Å². The topological polar surface area (TPSA) is 92.3 Å². The van der Waals surface area contributed by atoms with Gasteiger partial charge in [-0.3, -0.25) is 9.53 Å². The fourth-order valence-electron chi connectivity index (χ4n) is 2.42. The fourth-order valence-corrected chi connectivity index (χ4v) is 2.84. The van der Waals surface area contributed by atoms with E-state index in [1.165, 1.54) is 16.8 Å². The van der Waals surface area contributed by atoms with E-state index in [0.717, 1.165) is 0 Å². The van der Waals surface area contributed by atoms with Crippen molar-refractivity contribution in [3.63, 3.8) is 0 Å². The van der Waals surface area contributed by atoms with Crippen LogP contribution >= 0.6 is 15.9 Å². The quantitative estimate of drug-likeness (QED) is 0.847. The summed E-state index contributed by atoms with van der Waals surface area (Å²) in [5.41, 5.74) is 0.526. The maximum atomic E-state index is 12.3. The number of fused-ring (bicyclic) bond motifs is 1. The van der Waals surface area contributed by atoms with Gasteiger partial charge < -0.3 is 5.32 Å². The van der Waals surface area contributed by atoms with Crippen LogP contribution in [0.5, 0.6) is 0 Å². The summed E-state index contributed by atoms with van der Waals surface area (Å²) in [5.74, 6) is -0.516. The lowest BCUT2D eigenvalue weighted by Gasteiger charge is -2.35. The molecule has 1 aliphatic carbocycles. The lowest BCUT2D eigenvalue weighted by Crippen LogP contribution is -2.49. The zero-order chi connectivity index (χ0) is 17.5. The summed E-state index contributed by atoms with van der Waals surface area (Å²) in [6, 6.07) is 2.92. The van der Waals surface area contributed by atoms with Crippen LogP contribution in [0.1, 0.15) is 28.9 Å². The van der Waals surface area contributed by atoms with E-state index < -0.39 is 24.4 Å². The molecule has 0 atom stereocenters. The molecule has 0 aromatic carbocycles. The van der Waals surface area contributed by atoms with Crippen molar-refractivity contribution in [2.45, 2.75) is 31.3 Å². The molecular weight excluding hydrogens is 395 g/mol. The Morgan fingerprint density at radius 1 is 1.50 bits per heavy atom. The maximum Gasteiger partial charge on any atom is 0.522 e. The number of amides is 1. The Morgan fingerprint density at radius 3 is 2.83 bits per heavy atom. The number of ether oxygens (including phenoxy) is 1. The number of hydrogen-bond acceptors (Lipinski definition) is 5. The Balaban J connectivity index is 1.71. The van der Waals surface area contributed by atoms with Gasteiger partial charge in [-0.15, -0.1) is 13.2 Å². The molecule has 0 aliphatic heterocycles. The monoisotopic (exact) mass is 403 g/mol. The van der Waals surface area contributed by atoms with Crippen molar-refractivity contribution in [2.24, 2.45) is 0 Å². The molecule has 1 amide bonds. The van der Waals surface area contributed by atoms with Gasteiger partial charge in [-0.05, 0) is 34.8 Å². The molecule has 1 fully saturated rings. The average molecular weight is 404 g/mol. The third kappa shape index (κ3) is 3.20. The highest BCUT2D eigenvalue weighted by atomic mass is 79.9. The first-order valence-corrected chi connectivity index (χ1v) is 7.56. The molecule has 0 saturated heterocycles. The molecule has 24 heavy (non-hydrogen) atoms. The second-order valence-electron chi connectivity index (χ2n) is 5.17. The number of rotatable bonds is 3. The lowest BCUT2D eigenvalue weighted by atomic mass is 9.89. The molecule has 2 aromatic rings. The van der Waals surface area contributed by atoms with Gasteiger partial charge in [0.2, 0.25) is 0 Å². The van der Waals surface area contributed by atoms with Gasteiger partial charge in [0, 0.05) is 12.2 Å². The van der Waals surface area contributed by atoms with Crippen LogP contribution in [-0.4, -0.2) is 39.0 Å². The lowest BCUT2D eigenvalue weighted by molar-refractivity contribution is -0.351. The first-order chi connectivity index (χ1) is 11.3. The van der Waals surface area contributed by atoms with Gasteiger partial charge in [-0.25, -0.2) is 9.50 Å². The molecule has 11 heteroatoms. The molecule has 2 heterocycles. The minimum absolute atomic E-state index is 0.0751. The minimum atomic E-state index is -4.67. The summed E-state index contributed by atoms with van der Waals surface area (Å²) in [6.07, 6.45) is -4.12. The van der Waals surface area contributed by atoms with Gasteiger partial charge in [0.25, 0.3) is 5.91 Å². The van der Waals surface area contributed by atoms with Crippen LogP contribution in [0.3, 0.4) is 0 Å². The standard InChI is InChI=1S/C13H9BrF3N5O2/c14-10-8(5-18)11-19-2-1-9(22(11)21-10)12(23)20-6-3-7(4-6)24-13(15,16)17/h1-2,6-7H,3-4H2,(H,20,23)/t6-,7+. The molecular formula is C13H9BrF3N5O2. The Bertz CT molecular complexity index is 838. The molecule has 0 bridgehead atoms. The number of carbonyl (C=O) groups excluding carboxylic acids is 1. The number of nitriles is 1. The van der Waals surface area contributed by atoms with Gasteiger partial charge in [-0.2, -0.15) is 10.4 Å². The van der Waals surface area contributed by atoms with Crippen molar-refractivity contribution in [1.82, 2.24) is 19.9 Å². The van der Waals surface area contributed by atoms with Crippen LogP contribution in [0.15, 0.2) is 16.9 Å². The van der Waals surface area contributed by atoms with Crippen LogP contribution in [0.2, 0.25) is 0 Å². The average Bonchev–Trinajstić information content (AvgIpc) is 2.78. The van der Waals surface area contributed by atoms with E-state index >= 15 is 0 Å². The zero-order valence-electron chi connectivity index (χ0n) is 11.8. The maximum absolute atomic E-state index is 12.3. The van der Waals surface area contributed by atoms with Crippen LogP contribution in [0.25, 0.3) is 5.65 Å². The van der Waals surface area contributed by atoms with E-state index in [1.54, 1.807) is 0 Å². The van der Waals surface area contributed by atoms with Crippen molar-refractivity contribution in [3.8, 4) is 6.07 Å². The predicted octanol–water partition coefficient (Wildman–Crippen LogP) is 2.16. The second kappa shape index (κ2) is 6.03. The highest BCUT2D eigenvalue weighted by Gasteiger charge is 2.40. The van der Waals surface area contributed by atoms with Crippen LogP contribution in [0.4, 0.5) is 13.2 Å². The zero-order valence-corrected chi connectivity index (χ0v) is 13.4. The number of alkyl halides is 3. The molecule has 1 aliphatic rings. The van der Waals surface area contributed by atoms with Crippen molar-refractivity contribution in [1.29, 1.82) is 5.26 Å². The van der Waals surface area contributed by atoms with Crippen molar-refractivity contribution in [2.75, 3.05) is 0 Å². The normalized spacial score (nSPS) is 20.5. The Morgan fingerprint density at radius 2 is 2.21 bits per heavy atom. The largest absolute Gasteiger partial charge is 0.522 e. The third-order valence-corrected chi connectivity index (χ3v) is 4.11. The Labute approximate surface area is 141 Å². The van der Waals surface area contributed by atoms with Crippen molar-refractivity contribution in [3.05, 3.63) is 28.1 Å². The molecule has 126 valence electrons. The SMILES string of the molecule is N#Cc1c(Br)nn2c(C(=O)N[C@H]3C[C@@H](OC(F)(F)F)C3)ccnc12. The van der Waals surface area contributed by atoms with Crippen molar-refractivity contribution >= 4 is 27.5 Å². The molecule has 1 N–H and O–H groups in total. The van der Waals surface area contributed by atoms with E-state index in [9.17, 15) is 18.0 Å². The molecule has 0 radical (unpaired) electrons. The molecule has 2 aromatic heterocycles. The van der Waals surface area contributed by atoms with Gasteiger partial charge in [0.15, 0.2) is 5.65 Å². The summed E-state index contributed by atoms with van der Waals surface area (Å²) < 4.78 is 41.5. The summed E-state index contributed by atoms with van der Waals surface area (Å²) in [5, 5.41) is 15.7. The van der Waals surface area contributed by atoms with Crippen LogP contribution in [-0.2, 0) is 4.74 Å². The highest BCUT2D eigenvalue weighted by Crippen LogP contribution is 2.30. The molecule has 7 nitrogen and oxygen atoms in total. The smallest absolute Gasteiger partial charge is 0.348 e. The van der Waals surface area contributed by atoms with Crippen LogP contribution < -0.4 is 5.32 Å².